The Morgan fingerprint density at radius 2 is 1.20 bits per heavy atom. The zero-order valence-electron chi connectivity index (χ0n) is 12.3. The van der Waals surface area contributed by atoms with Crippen LogP contribution < -0.4 is 10.6 Å². The minimum atomic E-state index is -2.77. The summed E-state index contributed by atoms with van der Waals surface area (Å²) >= 11 is 0. The Morgan fingerprint density at radius 3 is 1.50 bits per heavy atom. The van der Waals surface area contributed by atoms with Gasteiger partial charge in [0.2, 0.25) is 0 Å². The maximum atomic E-state index is 13.9. The lowest BCUT2D eigenvalue weighted by Gasteiger charge is -2.29. The standard InChI is InChI=1S/C17H21OPSi/c1-15(20(2,3)4)19(18,16-11-7-5-8-12-16)17-13-9-6-10-14-17/h5-14H,1H2,2-4H3. The highest BCUT2D eigenvalue weighted by Crippen LogP contribution is 2.54. The van der Waals surface area contributed by atoms with Gasteiger partial charge in [-0.2, -0.15) is 0 Å². The van der Waals surface area contributed by atoms with E-state index in [0.717, 1.165) is 15.5 Å². The molecular weight excluding hydrogens is 279 g/mol. The van der Waals surface area contributed by atoms with E-state index in [1.54, 1.807) is 0 Å². The third-order valence-corrected chi connectivity index (χ3v) is 11.0. The summed E-state index contributed by atoms with van der Waals surface area (Å²) in [6.45, 7) is 10.9. The van der Waals surface area contributed by atoms with Gasteiger partial charge in [-0.05, 0) is 4.94 Å². The average molecular weight is 300 g/mol. The predicted octanol–water partition coefficient (Wildman–Crippen LogP) is 4.39. The van der Waals surface area contributed by atoms with Crippen molar-refractivity contribution in [2.24, 2.45) is 0 Å². The molecular formula is C17H21OPSi. The van der Waals surface area contributed by atoms with Gasteiger partial charge in [0.25, 0.3) is 0 Å². The lowest BCUT2D eigenvalue weighted by Crippen LogP contribution is -2.30. The van der Waals surface area contributed by atoms with Crippen LogP contribution in [0.2, 0.25) is 19.6 Å². The van der Waals surface area contributed by atoms with Crippen molar-refractivity contribution in [2.75, 3.05) is 0 Å². The fourth-order valence-corrected chi connectivity index (χ4v) is 8.87. The molecule has 104 valence electrons. The van der Waals surface area contributed by atoms with E-state index in [0.29, 0.717) is 0 Å². The minimum Gasteiger partial charge on any atom is -0.309 e. The van der Waals surface area contributed by atoms with E-state index in [9.17, 15) is 4.57 Å². The molecule has 0 atom stereocenters. The Balaban J connectivity index is 2.69. The van der Waals surface area contributed by atoms with Gasteiger partial charge in [-0.3, -0.25) is 0 Å². The summed E-state index contributed by atoms with van der Waals surface area (Å²) < 4.78 is 13.9. The fourth-order valence-electron chi connectivity index (χ4n) is 2.21. The van der Waals surface area contributed by atoms with E-state index >= 15 is 0 Å². The van der Waals surface area contributed by atoms with Crippen LogP contribution in [-0.4, -0.2) is 8.07 Å². The molecule has 0 saturated carbocycles. The molecule has 2 rings (SSSR count). The summed E-state index contributed by atoms with van der Waals surface area (Å²) in [4.78, 5) is 0.933. The van der Waals surface area contributed by atoms with Gasteiger partial charge in [0, 0.05) is 10.6 Å². The summed E-state index contributed by atoms with van der Waals surface area (Å²) in [6.07, 6.45) is 0. The van der Waals surface area contributed by atoms with Gasteiger partial charge < -0.3 is 4.57 Å². The summed E-state index contributed by atoms with van der Waals surface area (Å²) in [5.41, 5.74) is 0. The Hall–Kier alpha value is -1.37. The van der Waals surface area contributed by atoms with Crippen molar-refractivity contribution >= 4 is 25.8 Å². The van der Waals surface area contributed by atoms with Crippen molar-refractivity contribution < 1.29 is 4.57 Å². The number of hydrogen-bond acceptors (Lipinski definition) is 1. The van der Waals surface area contributed by atoms with Gasteiger partial charge in [0.15, 0.2) is 7.14 Å². The van der Waals surface area contributed by atoms with Gasteiger partial charge in [-0.15, -0.1) is 0 Å². The van der Waals surface area contributed by atoms with Crippen LogP contribution in [0.15, 0.2) is 72.2 Å². The first-order chi connectivity index (χ1) is 9.37. The third kappa shape index (κ3) is 2.72. The second-order valence-electron chi connectivity index (χ2n) is 5.98. The first-order valence-corrected chi connectivity index (χ1v) is 12.0. The van der Waals surface area contributed by atoms with Crippen molar-refractivity contribution in [3.63, 3.8) is 0 Å². The Bertz CT molecular complexity index is 598. The normalized spacial score (nSPS) is 12.2. The van der Waals surface area contributed by atoms with Crippen molar-refractivity contribution in [1.29, 1.82) is 0 Å². The summed E-state index contributed by atoms with van der Waals surface area (Å²) in [7, 11) is -4.49. The van der Waals surface area contributed by atoms with Crippen LogP contribution in [0.5, 0.6) is 0 Å². The summed E-state index contributed by atoms with van der Waals surface area (Å²) in [5, 5.41) is 1.78. The van der Waals surface area contributed by atoms with Crippen LogP contribution in [0.25, 0.3) is 0 Å². The molecule has 1 nitrogen and oxygen atoms in total. The Morgan fingerprint density at radius 1 is 0.850 bits per heavy atom. The highest BCUT2D eigenvalue weighted by atomic mass is 31.2. The van der Waals surface area contributed by atoms with Crippen LogP contribution in [0.4, 0.5) is 0 Å². The fraction of sp³-hybridized carbons (Fsp3) is 0.176. The topological polar surface area (TPSA) is 17.1 Å². The zero-order valence-corrected chi connectivity index (χ0v) is 14.2. The first kappa shape index (κ1) is 15.0. The highest BCUT2D eigenvalue weighted by Gasteiger charge is 2.37. The molecule has 2 aromatic rings. The lowest BCUT2D eigenvalue weighted by atomic mass is 10.4. The van der Waals surface area contributed by atoms with E-state index in [1.165, 1.54) is 0 Å². The summed E-state index contributed by atoms with van der Waals surface area (Å²) in [5.74, 6) is 0. The second-order valence-corrected chi connectivity index (χ2v) is 14.3. The monoisotopic (exact) mass is 300 g/mol. The lowest BCUT2D eigenvalue weighted by molar-refractivity contribution is 0.591. The molecule has 0 aromatic heterocycles. The van der Waals surface area contributed by atoms with Crippen molar-refractivity contribution in [2.45, 2.75) is 19.6 Å². The quantitative estimate of drug-likeness (QED) is 0.604. The summed E-state index contributed by atoms with van der Waals surface area (Å²) in [6, 6.07) is 19.5. The minimum absolute atomic E-state index is 0.888. The van der Waals surface area contributed by atoms with E-state index in [2.05, 4.69) is 26.2 Å². The van der Waals surface area contributed by atoms with Crippen LogP contribution in [0.3, 0.4) is 0 Å². The molecule has 0 aliphatic heterocycles. The number of benzene rings is 2. The highest BCUT2D eigenvalue weighted by molar-refractivity contribution is 7.85. The van der Waals surface area contributed by atoms with Gasteiger partial charge in [-0.25, -0.2) is 0 Å². The third-order valence-electron chi connectivity index (χ3n) is 3.49. The Labute approximate surface area is 122 Å². The predicted molar refractivity (Wildman–Crippen MR) is 92.2 cm³/mol. The van der Waals surface area contributed by atoms with Gasteiger partial charge >= 0.3 is 0 Å². The van der Waals surface area contributed by atoms with Crippen molar-refractivity contribution in [3.8, 4) is 0 Å². The molecule has 3 heteroatoms. The molecule has 0 unspecified atom stereocenters. The number of rotatable bonds is 4. The van der Waals surface area contributed by atoms with Crippen LogP contribution in [-0.2, 0) is 4.57 Å². The van der Waals surface area contributed by atoms with E-state index in [1.807, 2.05) is 60.7 Å². The largest absolute Gasteiger partial charge is 0.309 e. The van der Waals surface area contributed by atoms with Gasteiger partial charge in [-0.1, -0.05) is 86.9 Å². The van der Waals surface area contributed by atoms with Crippen LogP contribution in [0, 0.1) is 0 Å². The maximum absolute atomic E-state index is 13.9. The molecule has 0 radical (unpaired) electrons. The number of hydrogen-bond donors (Lipinski definition) is 0. The molecule has 0 bridgehead atoms. The molecule has 2 aromatic carbocycles. The second kappa shape index (κ2) is 5.55. The molecule has 20 heavy (non-hydrogen) atoms. The van der Waals surface area contributed by atoms with Gasteiger partial charge in [0.05, 0.1) is 8.07 Å². The first-order valence-electron chi connectivity index (χ1n) is 6.78. The molecule has 0 aliphatic rings. The smallest absolute Gasteiger partial charge is 0.162 e. The van der Waals surface area contributed by atoms with Crippen molar-refractivity contribution in [1.82, 2.24) is 0 Å². The Kier molecular flexibility index (Phi) is 4.17. The zero-order chi connectivity index (χ0) is 14.8. The van der Waals surface area contributed by atoms with Gasteiger partial charge in [0.1, 0.15) is 0 Å². The van der Waals surface area contributed by atoms with Crippen LogP contribution in [0.1, 0.15) is 0 Å². The van der Waals surface area contributed by atoms with Crippen molar-refractivity contribution in [3.05, 3.63) is 72.2 Å². The molecule has 0 saturated heterocycles. The van der Waals surface area contributed by atoms with Crippen LogP contribution >= 0.6 is 7.14 Å². The molecule has 0 spiro atoms. The average Bonchev–Trinajstić information content (AvgIpc) is 2.46. The van der Waals surface area contributed by atoms with E-state index in [-0.39, 0.29) is 0 Å². The SMILES string of the molecule is C=C([Si](C)(C)C)P(=O)(c1ccccc1)c1ccccc1. The molecule has 0 heterocycles. The maximum Gasteiger partial charge on any atom is 0.162 e. The molecule has 0 N–H and O–H groups in total. The van der Waals surface area contributed by atoms with E-state index in [4.69, 9.17) is 0 Å². The van der Waals surface area contributed by atoms with E-state index < -0.39 is 15.2 Å². The molecule has 0 amide bonds. The molecule has 0 aliphatic carbocycles. The molecule has 0 fully saturated rings.